The number of aromatic nitrogens is 4. The number of piperidine rings is 1. The first-order chi connectivity index (χ1) is 12.6. The fraction of sp³-hybridized carbons (Fsp3) is 0.476. The van der Waals surface area contributed by atoms with E-state index in [9.17, 15) is 0 Å². The summed E-state index contributed by atoms with van der Waals surface area (Å²) < 4.78 is 2.22. The third kappa shape index (κ3) is 2.85. The van der Waals surface area contributed by atoms with Crippen LogP contribution in [0.25, 0.3) is 10.9 Å². The van der Waals surface area contributed by atoms with Gasteiger partial charge in [0.1, 0.15) is 12.2 Å². The van der Waals surface area contributed by atoms with Crippen molar-refractivity contribution >= 4 is 16.6 Å². The Morgan fingerprint density at radius 3 is 2.54 bits per heavy atom. The molecule has 3 aromatic rings. The Morgan fingerprint density at radius 2 is 1.81 bits per heavy atom. The number of fused-ring (bicyclic) bond motifs is 1. The molecule has 26 heavy (non-hydrogen) atoms. The Kier molecular flexibility index (Phi) is 4.39. The molecular weight excluding hydrogens is 322 g/mol. The molecule has 0 radical (unpaired) electrons. The number of para-hydroxylation sites is 1. The maximum Gasteiger partial charge on any atom is 0.136 e. The Morgan fingerprint density at radius 1 is 1.08 bits per heavy atom. The van der Waals surface area contributed by atoms with E-state index in [0.717, 1.165) is 43.0 Å². The molecule has 1 fully saturated rings. The van der Waals surface area contributed by atoms with Crippen LogP contribution < -0.4 is 4.90 Å². The topological polar surface area (TPSA) is 46.8 Å². The Balaban J connectivity index is 1.62. The fourth-order valence-corrected chi connectivity index (χ4v) is 4.12. The molecular formula is C21H27N5. The summed E-state index contributed by atoms with van der Waals surface area (Å²) in [6.45, 7) is 10.8. The number of hydrogen-bond donors (Lipinski definition) is 0. The van der Waals surface area contributed by atoms with Gasteiger partial charge < -0.3 is 9.47 Å². The molecule has 0 N–H and O–H groups in total. The highest BCUT2D eigenvalue weighted by atomic mass is 15.3. The monoisotopic (exact) mass is 349 g/mol. The van der Waals surface area contributed by atoms with Gasteiger partial charge in [-0.15, -0.1) is 10.2 Å². The zero-order chi connectivity index (χ0) is 18.3. The second-order valence-electron chi connectivity index (χ2n) is 7.64. The molecule has 4 rings (SSSR count). The molecule has 0 atom stereocenters. The van der Waals surface area contributed by atoms with Crippen LogP contribution in [0, 0.1) is 13.8 Å². The van der Waals surface area contributed by atoms with E-state index in [1.54, 1.807) is 0 Å². The number of pyridine rings is 1. The highest BCUT2D eigenvalue weighted by Crippen LogP contribution is 2.36. The van der Waals surface area contributed by atoms with Gasteiger partial charge in [0.05, 0.1) is 11.2 Å². The molecule has 1 aliphatic heterocycles. The van der Waals surface area contributed by atoms with E-state index in [-0.39, 0.29) is 0 Å². The summed E-state index contributed by atoms with van der Waals surface area (Å²) in [6, 6.07) is 8.90. The lowest BCUT2D eigenvalue weighted by Gasteiger charge is -2.35. The smallest absolute Gasteiger partial charge is 0.136 e. The van der Waals surface area contributed by atoms with Gasteiger partial charge in [0.2, 0.25) is 0 Å². The molecule has 5 nitrogen and oxygen atoms in total. The van der Waals surface area contributed by atoms with Crippen molar-refractivity contribution in [1.29, 1.82) is 0 Å². The van der Waals surface area contributed by atoms with Crippen LogP contribution in [0.5, 0.6) is 0 Å². The van der Waals surface area contributed by atoms with Crippen LogP contribution in [-0.4, -0.2) is 32.8 Å². The van der Waals surface area contributed by atoms with E-state index in [1.807, 2.05) is 6.33 Å². The van der Waals surface area contributed by atoms with Crippen LogP contribution in [0.15, 0.2) is 30.6 Å². The van der Waals surface area contributed by atoms with E-state index in [1.165, 1.54) is 16.6 Å². The first kappa shape index (κ1) is 17.0. The van der Waals surface area contributed by atoms with E-state index >= 15 is 0 Å². The average molecular weight is 349 g/mol. The number of nitrogens with zero attached hydrogens (tertiary/aromatic N) is 5. The van der Waals surface area contributed by atoms with E-state index in [4.69, 9.17) is 4.98 Å². The van der Waals surface area contributed by atoms with Crippen LogP contribution in [0.1, 0.15) is 55.7 Å². The third-order valence-electron chi connectivity index (χ3n) is 5.68. The molecule has 1 saturated heterocycles. The second kappa shape index (κ2) is 6.71. The van der Waals surface area contributed by atoms with Gasteiger partial charge in [0, 0.05) is 36.1 Å². The Labute approximate surface area is 155 Å². The Bertz CT molecular complexity index is 919. The predicted molar refractivity (Wildman–Crippen MR) is 106 cm³/mol. The van der Waals surface area contributed by atoms with Crippen molar-refractivity contribution in [2.75, 3.05) is 18.0 Å². The average Bonchev–Trinajstić information content (AvgIpc) is 3.13. The molecule has 0 saturated carbocycles. The van der Waals surface area contributed by atoms with Crippen molar-refractivity contribution in [2.24, 2.45) is 0 Å². The quantitative estimate of drug-likeness (QED) is 0.703. The molecule has 2 aromatic heterocycles. The van der Waals surface area contributed by atoms with E-state index < -0.39 is 0 Å². The van der Waals surface area contributed by atoms with Crippen LogP contribution in [0.3, 0.4) is 0 Å². The van der Waals surface area contributed by atoms with Gasteiger partial charge in [-0.05, 0) is 52.2 Å². The third-order valence-corrected chi connectivity index (χ3v) is 5.68. The zero-order valence-corrected chi connectivity index (χ0v) is 16.1. The number of rotatable bonds is 3. The summed E-state index contributed by atoms with van der Waals surface area (Å²) in [5.74, 6) is 1.64. The molecule has 0 bridgehead atoms. The molecule has 0 amide bonds. The van der Waals surface area contributed by atoms with Gasteiger partial charge in [-0.25, -0.2) is 0 Å². The van der Waals surface area contributed by atoms with Crippen molar-refractivity contribution in [3.8, 4) is 0 Å². The molecule has 1 aromatic carbocycles. The van der Waals surface area contributed by atoms with Crippen LogP contribution in [0.2, 0.25) is 0 Å². The normalized spacial score (nSPS) is 16.0. The SMILES string of the molecule is Cc1nc2ccccc2c(N2CCC(c3nncn3C(C)C)CC2)c1C. The van der Waals surface area contributed by atoms with Crippen LogP contribution >= 0.6 is 0 Å². The summed E-state index contributed by atoms with van der Waals surface area (Å²) >= 11 is 0. The molecule has 0 aliphatic carbocycles. The zero-order valence-electron chi connectivity index (χ0n) is 16.1. The van der Waals surface area contributed by atoms with Gasteiger partial charge in [-0.3, -0.25) is 4.98 Å². The van der Waals surface area contributed by atoms with Gasteiger partial charge in [-0.1, -0.05) is 18.2 Å². The summed E-state index contributed by atoms with van der Waals surface area (Å²) in [6.07, 6.45) is 4.09. The van der Waals surface area contributed by atoms with Gasteiger partial charge >= 0.3 is 0 Å². The fourth-order valence-electron chi connectivity index (χ4n) is 4.12. The largest absolute Gasteiger partial charge is 0.371 e. The summed E-state index contributed by atoms with van der Waals surface area (Å²) in [5.41, 5.74) is 4.87. The second-order valence-corrected chi connectivity index (χ2v) is 7.64. The number of anilines is 1. The lowest BCUT2D eigenvalue weighted by Crippen LogP contribution is -2.34. The highest BCUT2D eigenvalue weighted by Gasteiger charge is 2.27. The summed E-state index contributed by atoms with van der Waals surface area (Å²) in [7, 11) is 0. The van der Waals surface area contributed by atoms with Crippen molar-refractivity contribution in [1.82, 2.24) is 19.7 Å². The van der Waals surface area contributed by atoms with Gasteiger partial charge in [0.15, 0.2) is 0 Å². The predicted octanol–water partition coefficient (Wildman–Crippen LogP) is 4.41. The standard InChI is InChI=1S/C21H27N5/c1-14(2)26-13-22-24-21(26)17-9-11-25(12-10-17)20-15(3)16(4)23-19-8-6-5-7-18(19)20/h5-8,13-14,17H,9-12H2,1-4H3. The van der Waals surface area contributed by atoms with Crippen molar-refractivity contribution in [2.45, 2.75) is 52.5 Å². The Hall–Kier alpha value is -2.43. The van der Waals surface area contributed by atoms with Crippen LogP contribution in [-0.2, 0) is 0 Å². The molecule has 0 unspecified atom stereocenters. The maximum absolute atomic E-state index is 4.77. The summed E-state index contributed by atoms with van der Waals surface area (Å²) in [4.78, 5) is 7.31. The first-order valence-electron chi connectivity index (χ1n) is 9.56. The number of aryl methyl sites for hydroxylation is 1. The molecule has 0 spiro atoms. The van der Waals surface area contributed by atoms with Crippen LogP contribution in [0.4, 0.5) is 5.69 Å². The van der Waals surface area contributed by atoms with Crippen molar-refractivity contribution in [3.05, 3.63) is 47.7 Å². The van der Waals surface area contributed by atoms with E-state index in [2.05, 4.69) is 71.6 Å². The summed E-state index contributed by atoms with van der Waals surface area (Å²) in [5, 5.41) is 9.84. The number of benzene rings is 1. The highest BCUT2D eigenvalue weighted by molar-refractivity contribution is 5.93. The van der Waals surface area contributed by atoms with Crippen molar-refractivity contribution in [3.63, 3.8) is 0 Å². The minimum Gasteiger partial charge on any atom is -0.371 e. The molecule has 3 heterocycles. The maximum atomic E-state index is 4.77. The lowest BCUT2D eigenvalue weighted by molar-refractivity contribution is 0.449. The van der Waals surface area contributed by atoms with Gasteiger partial charge in [0.25, 0.3) is 0 Å². The van der Waals surface area contributed by atoms with Gasteiger partial charge in [-0.2, -0.15) is 0 Å². The first-order valence-corrected chi connectivity index (χ1v) is 9.56. The lowest BCUT2D eigenvalue weighted by atomic mass is 9.94. The molecule has 1 aliphatic rings. The minimum absolute atomic E-state index is 0.409. The minimum atomic E-state index is 0.409. The molecule has 136 valence electrons. The molecule has 5 heteroatoms. The number of hydrogen-bond acceptors (Lipinski definition) is 4. The van der Waals surface area contributed by atoms with E-state index in [0.29, 0.717) is 12.0 Å². The van der Waals surface area contributed by atoms with Crippen molar-refractivity contribution < 1.29 is 0 Å².